The van der Waals surface area contributed by atoms with E-state index in [0.717, 1.165) is 38.5 Å². The summed E-state index contributed by atoms with van der Waals surface area (Å²) < 4.78 is 47.8. The first-order valence-electron chi connectivity index (χ1n) is 21.6. The quantitative estimate of drug-likeness (QED) is 0.178. The van der Waals surface area contributed by atoms with E-state index in [1.807, 2.05) is 0 Å². The number of carbonyl (C=O) groups excluding carboxylic acids is 3. The lowest BCUT2D eigenvalue weighted by Crippen LogP contribution is -2.57. The molecule has 6 rings (SSSR count). The van der Waals surface area contributed by atoms with E-state index in [1.165, 1.54) is 0 Å². The first-order valence-corrected chi connectivity index (χ1v) is 21.6. The van der Waals surface area contributed by atoms with Gasteiger partial charge in [0, 0.05) is 47.9 Å². The molecule has 2 saturated heterocycles. The van der Waals surface area contributed by atoms with Crippen molar-refractivity contribution >= 4 is 17.9 Å². The van der Waals surface area contributed by atoms with Gasteiger partial charge < -0.3 is 37.9 Å². The van der Waals surface area contributed by atoms with Gasteiger partial charge in [0.05, 0.1) is 31.0 Å². The second-order valence-electron chi connectivity index (χ2n) is 16.3. The molecule has 2 aliphatic heterocycles. The number of esters is 3. The molecular weight excluding hydrogens is 777 g/mol. The van der Waals surface area contributed by atoms with Crippen LogP contribution in [0.5, 0.6) is 0 Å². The maximum atomic E-state index is 13.5. The Hall–Kier alpha value is -5.63. The van der Waals surface area contributed by atoms with Gasteiger partial charge in [0.2, 0.25) is 0 Å². The molecule has 0 aromatic heterocycles. The molecule has 6 fully saturated rings. The minimum absolute atomic E-state index is 0.0395. The van der Waals surface area contributed by atoms with Crippen molar-refractivity contribution in [2.75, 3.05) is 13.2 Å². The molecule has 6 aliphatic rings. The van der Waals surface area contributed by atoms with Gasteiger partial charge in [0.15, 0.2) is 6.29 Å². The zero-order valence-corrected chi connectivity index (χ0v) is 34.5. The molecule has 0 bridgehead atoms. The summed E-state index contributed by atoms with van der Waals surface area (Å²) in [5, 5.41) is 0. The molecule has 0 unspecified atom stereocenters. The van der Waals surface area contributed by atoms with Crippen LogP contribution in [-0.4, -0.2) is 80.1 Å². The van der Waals surface area contributed by atoms with Crippen molar-refractivity contribution in [2.24, 2.45) is 23.7 Å². The van der Waals surface area contributed by atoms with Crippen LogP contribution in [0.3, 0.4) is 0 Å². The number of hydrogen-bond donors (Lipinski definition) is 0. The highest BCUT2D eigenvalue weighted by atomic mass is 16.7. The number of rotatable bonds is 9. The molecule has 0 N–H and O–H groups in total. The predicted octanol–water partition coefficient (Wildman–Crippen LogP) is 4.99. The third-order valence-corrected chi connectivity index (χ3v) is 12.3. The van der Waals surface area contributed by atoms with E-state index in [-0.39, 0.29) is 72.1 Å². The van der Waals surface area contributed by atoms with Gasteiger partial charge in [-0.05, 0) is 138 Å². The van der Waals surface area contributed by atoms with Gasteiger partial charge in [-0.15, -0.1) is 12.8 Å². The molecule has 0 aromatic rings. The van der Waals surface area contributed by atoms with Crippen LogP contribution in [0.25, 0.3) is 0 Å². The molecule has 4 aliphatic carbocycles. The van der Waals surface area contributed by atoms with E-state index in [4.69, 9.17) is 50.7 Å². The SMILES string of the molecule is C#CC#CC#CC#COC1CCC(C(=O)OC2CCC(C(=O)O[C@@H]3CCO[C@@H]4CO[C@@H](C5CCC(OC(=O)C6CCC(OC#CC#CC#CC#C)CC6)CC5)O[C@H]43)CC2)CC1. The number of hydrogen-bond acceptors (Lipinski definition) is 11. The maximum absolute atomic E-state index is 13.5. The van der Waals surface area contributed by atoms with E-state index in [1.54, 1.807) is 0 Å². The second-order valence-corrected chi connectivity index (χ2v) is 16.3. The molecule has 11 nitrogen and oxygen atoms in total. The Morgan fingerprint density at radius 3 is 1.38 bits per heavy atom. The van der Waals surface area contributed by atoms with E-state index in [9.17, 15) is 14.4 Å². The van der Waals surface area contributed by atoms with Crippen LogP contribution < -0.4 is 0 Å². The molecule has 2 heterocycles. The average molecular weight is 829 g/mol. The monoisotopic (exact) mass is 828 g/mol. The summed E-state index contributed by atoms with van der Waals surface area (Å²) in [6, 6.07) is 0. The third kappa shape index (κ3) is 14.0. The highest BCUT2D eigenvalue weighted by molar-refractivity contribution is 5.74. The van der Waals surface area contributed by atoms with Gasteiger partial charge in [-0.3, -0.25) is 14.4 Å². The zero-order chi connectivity index (χ0) is 42.7. The van der Waals surface area contributed by atoms with Crippen LogP contribution in [0.15, 0.2) is 0 Å². The molecule has 11 heteroatoms. The lowest BCUT2D eigenvalue weighted by Gasteiger charge is -2.45. The Kier molecular flexibility index (Phi) is 17.7. The highest BCUT2D eigenvalue weighted by Gasteiger charge is 2.46. The molecular formula is C50H52O11. The van der Waals surface area contributed by atoms with E-state index in [2.05, 4.69) is 83.3 Å². The molecule has 0 amide bonds. The minimum atomic E-state index is -0.451. The van der Waals surface area contributed by atoms with Crippen molar-refractivity contribution in [1.82, 2.24) is 0 Å². The number of ether oxygens (including phenoxy) is 8. The lowest BCUT2D eigenvalue weighted by molar-refractivity contribution is -0.312. The van der Waals surface area contributed by atoms with Crippen molar-refractivity contribution in [3.8, 4) is 96.1 Å². The van der Waals surface area contributed by atoms with Gasteiger partial charge in [0.25, 0.3) is 0 Å². The summed E-state index contributed by atoms with van der Waals surface area (Å²) in [5.74, 6) is 28.5. The van der Waals surface area contributed by atoms with Crippen molar-refractivity contribution < 1.29 is 52.3 Å². The number of carbonyl (C=O) groups is 3. The molecule has 318 valence electrons. The van der Waals surface area contributed by atoms with Gasteiger partial charge in [-0.1, -0.05) is 0 Å². The summed E-state index contributed by atoms with van der Waals surface area (Å²) >= 11 is 0. The van der Waals surface area contributed by atoms with Gasteiger partial charge >= 0.3 is 17.9 Å². The summed E-state index contributed by atoms with van der Waals surface area (Å²) in [6.45, 7) is 0.820. The van der Waals surface area contributed by atoms with Crippen LogP contribution >= 0.6 is 0 Å². The topological polar surface area (TPSA) is 125 Å². The van der Waals surface area contributed by atoms with Crippen LogP contribution in [0, 0.1) is 120 Å². The van der Waals surface area contributed by atoms with Crippen LogP contribution in [-0.2, 0) is 52.3 Å². The standard InChI is InChI=1S/C50H52O11/c1-3-5-7-9-11-13-32-54-40-23-15-36(16-24-40)47(51)58-42-27-19-38(20-28-42)49(53)60-44-31-34-56-45-35-57-50(61-46(44)45)39-21-29-43(30-22-39)59-48(52)37-17-25-41(26-18-37)55-33-14-12-10-8-6-4-2/h1-2,36-46,50H,15-31,34-35H2/t36?,37?,38?,39?,40?,41?,42?,43?,44-,45-,46+,50-/m1/s1. The first kappa shape index (κ1) is 44.9. The molecule has 61 heavy (non-hydrogen) atoms. The van der Waals surface area contributed by atoms with Crippen LogP contribution in [0.2, 0.25) is 0 Å². The summed E-state index contributed by atoms with van der Waals surface area (Å²) in [4.78, 5) is 39.5. The normalized spacial score (nSPS) is 32.5. The zero-order valence-electron chi connectivity index (χ0n) is 34.5. The van der Waals surface area contributed by atoms with Crippen molar-refractivity contribution in [1.29, 1.82) is 0 Å². The Balaban J connectivity index is 0.860. The molecule has 4 saturated carbocycles. The minimum Gasteiger partial charge on any atom is -0.462 e. The largest absolute Gasteiger partial charge is 0.462 e. The summed E-state index contributed by atoms with van der Waals surface area (Å²) in [5.41, 5.74) is 0. The van der Waals surface area contributed by atoms with Crippen molar-refractivity contribution in [3.05, 3.63) is 0 Å². The lowest BCUT2D eigenvalue weighted by atomic mass is 9.85. The fraction of sp³-hybridized carbons (Fsp3) is 0.620. The number of fused-ring (bicyclic) bond motifs is 1. The Morgan fingerprint density at radius 1 is 0.459 bits per heavy atom. The van der Waals surface area contributed by atoms with Crippen molar-refractivity contribution in [2.45, 2.75) is 158 Å². The smallest absolute Gasteiger partial charge is 0.309 e. The van der Waals surface area contributed by atoms with E-state index < -0.39 is 18.5 Å². The highest BCUT2D eigenvalue weighted by Crippen LogP contribution is 2.38. The third-order valence-electron chi connectivity index (χ3n) is 12.3. The fourth-order valence-electron chi connectivity index (χ4n) is 8.94. The second kappa shape index (κ2) is 24.0. The number of terminal acetylenes is 2. The van der Waals surface area contributed by atoms with Gasteiger partial charge in [-0.25, -0.2) is 0 Å². The van der Waals surface area contributed by atoms with Crippen molar-refractivity contribution in [3.63, 3.8) is 0 Å². The van der Waals surface area contributed by atoms with E-state index >= 15 is 0 Å². The van der Waals surface area contributed by atoms with Crippen LogP contribution in [0.1, 0.15) is 109 Å². The summed E-state index contributed by atoms with van der Waals surface area (Å²) in [6.07, 6.45) is 24.8. The Morgan fingerprint density at radius 2 is 0.885 bits per heavy atom. The molecule has 0 aromatic carbocycles. The Bertz CT molecular complexity index is 2010. The van der Waals surface area contributed by atoms with Gasteiger partial charge in [0.1, 0.15) is 54.9 Å². The first-order chi connectivity index (χ1) is 29.9. The predicted molar refractivity (Wildman–Crippen MR) is 221 cm³/mol. The van der Waals surface area contributed by atoms with Crippen LogP contribution in [0.4, 0.5) is 0 Å². The molecule has 0 radical (unpaired) electrons. The maximum Gasteiger partial charge on any atom is 0.309 e. The molecule has 0 spiro atoms. The molecule has 4 atom stereocenters. The van der Waals surface area contributed by atoms with Gasteiger partial charge in [-0.2, -0.15) is 0 Å². The fourth-order valence-corrected chi connectivity index (χ4v) is 8.94. The average Bonchev–Trinajstić information content (AvgIpc) is 3.29. The summed E-state index contributed by atoms with van der Waals surface area (Å²) in [7, 11) is 0. The van der Waals surface area contributed by atoms with E-state index in [0.29, 0.717) is 83.8 Å². The Labute approximate surface area is 360 Å².